The number of aliphatic hydroxyl groups excluding tert-OH is 2. The largest absolute Gasteiger partial charge is 0.396 e. The minimum Gasteiger partial charge on any atom is -0.396 e. The minimum atomic E-state index is -0.669. The smallest absolute Gasteiger partial charge is 0.259 e. The molecule has 20 heavy (non-hydrogen) atoms. The first kappa shape index (κ1) is 13.1. The molecule has 1 fully saturated rings. The molecule has 0 radical (unpaired) electrons. The zero-order valence-electron chi connectivity index (χ0n) is 11.3. The van der Waals surface area contributed by atoms with E-state index in [1.165, 1.54) is 0 Å². The maximum Gasteiger partial charge on any atom is 0.259 e. The lowest BCUT2D eigenvalue weighted by atomic mass is 9.94. The number of aryl methyl sites for hydroxylation is 1. The fraction of sp³-hybridized carbons (Fsp3) is 0.538. The first-order chi connectivity index (χ1) is 9.61. The zero-order chi connectivity index (χ0) is 14.3. The predicted molar refractivity (Wildman–Crippen MR) is 71.3 cm³/mol. The van der Waals surface area contributed by atoms with E-state index in [2.05, 4.69) is 5.10 Å². The molecular weight excluding hydrogens is 260 g/mol. The molecule has 2 N–H and O–H groups in total. The summed E-state index contributed by atoms with van der Waals surface area (Å²) >= 11 is 0. The van der Waals surface area contributed by atoms with Gasteiger partial charge in [0.25, 0.3) is 5.91 Å². The van der Waals surface area contributed by atoms with Crippen LogP contribution in [-0.4, -0.2) is 61.0 Å². The summed E-state index contributed by atoms with van der Waals surface area (Å²) in [7, 11) is 1.86. The number of β-amino-alcohol motifs (C(OH)–C–C–N with tert-alkyl or cyclic N) is 1. The standard InChI is InChI=1S/C13H18N4O3/c1-15-4-5-17-12(15)10(6-14-17)13(20)16-3-2-9(8-18)11(19)7-16/h4-6,9,11,18-19H,2-3,7-8H2,1H3/t9-,11-/m1/s1. The number of hydrogen-bond donors (Lipinski definition) is 2. The Labute approximate surface area is 116 Å². The van der Waals surface area contributed by atoms with Gasteiger partial charge in [-0.2, -0.15) is 5.10 Å². The normalized spacial score (nSPS) is 23.4. The molecule has 0 aliphatic carbocycles. The van der Waals surface area contributed by atoms with Crippen LogP contribution in [0, 0.1) is 5.92 Å². The number of piperidine rings is 1. The van der Waals surface area contributed by atoms with Crippen LogP contribution in [0.25, 0.3) is 5.65 Å². The molecule has 3 rings (SSSR count). The second-order valence-electron chi connectivity index (χ2n) is 5.29. The van der Waals surface area contributed by atoms with Gasteiger partial charge in [0.1, 0.15) is 11.2 Å². The second-order valence-corrected chi connectivity index (χ2v) is 5.29. The van der Waals surface area contributed by atoms with Crippen molar-refractivity contribution in [1.82, 2.24) is 19.1 Å². The van der Waals surface area contributed by atoms with Crippen LogP contribution in [0.3, 0.4) is 0 Å². The molecule has 2 aromatic heterocycles. The second kappa shape index (κ2) is 4.92. The number of carbonyl (C=O) groups excluding carboxylic acids is 1. The summed E-state index contributed by atoms with van der Waals surface area (Å²) in [5.74, 6) is -0.265. The summed E-state index contributed by atoms with van der Waals surface area (Å²) in [6.07, 6.45) is 5.13. The van der Waals surface area contributed by atoms with E-state index < -0.39 is 6.10 Å². The Morgan fingerprint density at radius 2 is 2.30 bits per heavy atom. The van der Waals surface area contributed by atoms with Crippen LogP contribution in [0.1, 0.15) is 16.8 Å². The molecule has 1 amide bonds. The molecule has 2 aromatic rings. The third-order valence-electron chi connectivity index (χ3n) is 4.01. The van der Waals surface area contributed by atoms with E-state index in [-0.39, 0.29) is 25.0 Å². The number of hydrogen-bond acceptors (Lipinski definition) is 4. The highest BCUT2D eigenvalue weighted by Gasteiger charge is 2.31. The summed E-state index contributed by atoms with van der Waals surface area (Å²) in [4.78, 5) is 14.2. The fourth-order valence-corrected chi connectivity index (χ4v) is 2.75. The average molecular weight is 278 g/mol. The summed E-state index contributed by atoms with van der Waals surface area (Å²) in [5.41, 5.74) is 1.28. The van der Waals surface area contributed by atoms with Gasteiger partial charge >= 0.3 is 0 Å². The molecular formula is C13H18N4O3. The van der Waals surface area contributed by atoms with E-state index in [9.17, 15) is 9.90 Å². The molecule has 0 saturated carbocycles. The van der Waals surface area contributed by atoms with Crippen molar-refractivity contribution in [1.29, 1.82) is 0 Å². The number of imidazole rings is 1. The van der Waals surface area contributed by atoms with E-state index in [4.69, 9.17) is 5.11 Å². The van der Waals surface area contributed by atoms with Crippen molar-refractivity contribution in [2.24, 2.45) is 13.0 Å². The number of fused-ring (bicyclic) bond motifs is 1. The Kier molecular flexibility index (Phi) is 3.23. The van der Waals surface area contributed by atoms with Crippen molar-refractivity contribution in [2.45, 2.75) is 12.5 Å². The van der Waals surface area contributed by atoms with Crippen LogP contribution in [0.4, 0.5) is 0 Å². The number of aromatic nitrogens is 3. The fourth-order valence-electron chi connectivity index (χ4n) is 2.75. The maximum absolute atomic E-state index is 12.6. The molecule has 0 unspecified atom stereocenters. The average Bonchev–Trinajstić information content (AvgIpc) is 3.01. The molecule has 7 heteroatoms. The lowest BCUT2D eigenvalue weighted by Gasteiger charge is -2.34. The van der Waals surface area contributed by atoms with Crippen LogP contribution in [-0.2, 0) is 7.05 Å². The first-order valence-corrected chi connectivity index (χ1v) is 6.68. The van der Waals surface area contributed by atoms with Crippen molar-refractivity contribution >= 4 is 11.6 Å². The SMILES string of the molecule is Cn1ccn2ncc(C(=O)N3CC[C@H](CO)[C@H](O)C3)c12. The molecule has 3 heterocycles. The topological polar surface area (TPSA) is 83.0 Å². The Morgan fingerprint density at radius 3 is 3.00 bits per heavy atom. The lowest BCUT2D eigenvalue weighted by Crippen LogP contribution is -2.47. The predicted octanol–water partition coefficient (Wildman–Crippen LogP) is -0.512. The molecule has 0 spiro atoms. The van der Waals surface area contributed by atoms with Crippen LogP contribution in [0.2, 0.25) is 0 Å². The summed E-state index contributed by atoms with van der Waals surface area (Å²) < 4.78 is 3.50. The third kappa shape index (κ3) is 1.99. The van der Waals surface area contributed by atoms with E-state index in [1.807, 2.05) is 17.8 Å². The highest BCUT2D eigenvalue weighted by atomic mass is 16.3. The van der Waals surface area contributed by atoms with Gasteiger partial charge in [-0.1, -0.05) is 0 Å². The van der Waals surface area contributed by atoms with Gasteiger partial charge in [-0.3, -0.25) is 4.79 Å². The van der Waals surface area contributed by atoms with Crippen molar-refractivity contribution in [2.75, 3.05) is 19.7 Å². The number of nitrogens with zero attached hydrogens (tertiary/aromatic N) is 4. The van der Waals surface area contributed by atoms with Gasteiger partial charge in [0.05, 0.1) is 12.3 Å². The number of rotatable bonds is 2. The number of amides is 1. The monoisotopic (exact) mass is 278 g/mol. The van der Waals surface area contributed by atoms with Crippen molar-refractivity contribution in [3.05, 3.63) is 24.2 Å². The quantitative estimate of drug-likeness (QED) is 0.775. The Hall–Kier alpha value is -1.86. The first-order valence-electron chi connectivity index (χ1n) is 6.68. The van der Waals surface area contributed by atoms with E-state index in [1.54, 1.807) is 21.8 Å². The van der Waals surface area contributed by atoms with Gasteiger partial charge in [0.15, 0.2) is 0 Å². The number of aliphatic hydroxyl groups is 2. The van der Waals surface area contributed by atoms with Crippen LogP contribution >= 0.6 is 0 Å². The maximum atomic E-state index is 12.6. The molecule has 1 aliphatic rings. The molecule has 7 nitrogen and oxygen atoms in total. The number of likely N-dealkylation sites (tertiary alicyclic amines) is 1. The van der Waals surface area contributed by atoms with E-state index in [0.717, 1.165) is 5.65 Å². The van der Waals surface area contributed by atoms with Crippen molar-refractivity contribution in [3.63, 3.8) is 0 Å². The van der Waals surface area contributed by atoms with Crippen molar-refractivity contribution < 1.29 is 15.0 Å². The lowest BCUT2D eigenvalue weighted by molar-refractivity contribution is 0.000932. The summed E-state index contributed by atoms with van der Waals surface area (Å²) in [5, 5.41) is 23.2. The molecule has 2 atom stereocenters. The Bertz CT molecular complexity index is 633. The Morgan fingerprint density at radius 1 is 1.50 bits per heavy atom. The Balaban J connectivity index is 1.84. The highest BCUT2D eigenvalue weighted by Crippen LogP contribution is 2.21. The van der Waals surface area contributed by atoms with Crippen LogP contribution < -0.4 is 0 Å². The van der Waals surface area contributed by atoms with Gasteiger partial charge in [0, 0.05) is 45.1 Å². The zero-order valence-corrected chi connectivity index (χ0v) is 11.3. The van der Waals surface area contributed by atoms with E-state index in [0.29, 0.717) is 18.5 Å². The van der Waals surface area contributed by atoms with Gasteiger partial charge in [-0.05, 0) is 6.42 Å². The third-order valence-corrected chi connectivity index (χ3v) is 4.01. The van der Waals surface area contributed by atoms with E-state index >= 15 is 0 Å². The van der Waals surface area contributed by atoms with Gasteiger partial charge in [-0.25, -0.2) is 4.52 Å². The highest BCUT2D eigenvalue weighted by molar-refractivity contribution is 5.99. The van der Waals surface area contributed by atoms with Gasteiger partial charge in [-0.15, -0.1) is 0 Å². The molecule has 1 saturated heterocycles. The summed E-state index contributed by atoms with van der Waals surface area (Å²) in [6, 6.07) is 0. The molecule has 0 aromatic carbocycles. The van der Waals surface area contributed by atoms with Crippen LogP contribution in [0.5, 0.6) is 0 Å². The van der Waals surface area contributed by atoms with Gasteiger partial charge < -0.3 is 19.7 Å². The molecule has 108 valence electrons. The van der Waals surface area contributed by atoms with Crippen LogP contribution in [0.15, 0.2) is 18.6 Å². The molecule has 1 aliphatic heterocycles. The van der Waals surface area contributed by atoms with Crippen molar-refractivity contribution in [3.8, 4) is 0 Å². The number of carbonyl (C=O) groups is 1. The minimum absolute atomic E-state index is 0.0426. The van der Waals surface area contributed by atoms with Gasteiger partial charge in [0.2, 0.25) is 0 Å². The summed E-state index contributed by atoms with van der Waals surface area (Å²) in [6.45, 7) is 0.758. The molecule has 0 bridgehead atoms.